The van der Waals surface area contributed by atoms with E-state index >= 15 is 0 Å². The summed E-state index contributed by atoms with van der Waals surface area (Å²) in [5, 5.41) is 0. The number of hydrogen-bond donors (Lipinski definition) is 1. The van der Waals surface area contributed by atoms with Gasteiger partial charge in [0.25, 0.3) is 0 Å². The van der Waals surface area contributed by atoms with E-state index in [0.717, 1.165) is 32.1 Å². The predicted molar refractivity (Wildman–Crippen MR) is 77.5 cm³/mol. The second kappa shape index (κ2) is 7.27. The maximum atomic E-state index is 13.6. The smallest absolute Gasteiger partial charge is 0.161 e. The molecule has 2 rings (SSSR count). The first-order chi connectivity index (χ1) is 9.95. The molecule has 1 heterocycles. The Morgan fingerprint density at radius 3 is 2.67 bits per heavy atom. The SMILES string of the molecule is CC1CCCN(CCC(N)Cc2cc(F)c(F)cc2F)C1. The Kier molecular flexibility index (Phi) is 5.65. The third-order valence-electron chi connectivity index (χ3n) is 4.13. The zero-order valence-corrected chi connectivity index (χ0v) is 12.4. The minimum absolute atomic E-state index is 0.147. The molecule has 1 aromatic rings. The van der Waals surface area contributed by atoms with E-state index in [1.165, 1.54) is 12.8 Å². The molecular formula is C16H23F3N2. The van der Waals surface area contributed by atoms with E-state index < -0.39 is 17.5 Å². The highest BCUT2D eigenvalue weighted by Crippen LogP contribution is 2.18. The van der Waals surface area contributed by atoms with Crippen molar-refractivity contribution in [2.45, 2.75) is 38.6 Å². The summed E-state index contributed by atoms with van der Waals surface area (Å²) in [5.41, 5.74) is 6.15. The van der Waals surface area contributed by atoms with E-state index in [0.29, 0.717) is 12.0 Å². The average Bonchev–Trinajstić information content (AvgIpc) is 2.43. The largest absolute Gasteiger partial charge is 0.327 e. The van der Waals surface area contributed by atoms with Gasteiger partial charge >= 0.3 is 0 Å². The van der Waals surface area contributed by atoms with Crippen LogP contribution in [0.4, 0.5) is 13.2 Å². The van der Waals surface area contributed by atoms with Gasteiger partial charge < -0.3 is 10.6 Å². The van der Waals surface area contributed by atoms with Gasteiger partial charge in [-0.25, -0.2) is 13.2 Å². The lowest BCUT2D eigenvalue weighted by Gasteiger charge is -2.31. The van der Waals surface area contributed by atoms with Gasteiger partial charge in [-0.05, 0) is 56.3 Å². The molecular weight excluding hydrogens is 277 g/mol. The molecule has 2 N–H and O–H groups in total. The zero-order valence-electron chi connectivity index (χ0n) is 12.4. The Hall–Kier alpha value is -1.07. The van der Waals surface area contributed by atoms with Crippen molar-refractivity contribution in [2.24, 2.45) is 11.7 Å². The number of likely N-dealkylation sites (tertiary alicyclic amines) is 1. The van der Waals surface area contributed by atoms with E-state index in [9.17, 15) is 13.2 Å². The number of benzene rings is 1. The zero-order chi connectivity index (χ0) is 15.4. The number of nitrogens with zero attached hydrogens (tertiary/aromatic N) is 1. The Morgan fingerprint density at radius 2 is 1.95 bits per heavy atom. The fraction of sp³-hybridized carbons (Fsp3) is 0.625. The lowest BCUT2D eigenvalue weighted by Crippen LogP contribution is -2.38. The van der Waals surface area contributed by atoms with Crippen LogP contribution in [0.15, 0.2) is 12.1 Å². The van der Waals surface area contributed by atoms with E-state index in [1.54, 1.807) is 0 Å². The van der Waals surface area contributed by atoms with Crippen LogP contribution in [-0.4, -0.2) is 30.6 Å². The Morgan fingerprint density at radius 1 is 1.24 bits per heavy atom. The quantitative estimate of drug-likeness (QED) is 0.847. The van der Waals surface area contributed by atoms with Crippen LogP contribution in [0.5, 0.6) is 0 Å². The van der Waals surface area contributed by atoms with Crippen LogP contribution >= 0.6 is 0 Å². The molecule has 0 spiro atoms. The van der Waals surface area contributed by atoms with Crippen molar-refractivity contribution in [1.82, 2.24) is 4.90 Å². The molecule has 0 amide bonds. The summed E-state index contributed by atoms with van der Waals surface area (Å²) in [6.07, 6.45) is 3.43. The van der Waals surface area contributed by atoms with Crippen molar-refractivity contribution in [2.75, 3.05) is 19.6 Å². The van der Waals surface area contributed by atoms with Crippen LogP contribution in [0.2, 0.25) is 0 Å². The molecule has 2 nitrogen and oxygen atoms in total. The molecule has 1 aromatic carbocycles. The Labute approximate surface area is 124 Å². The topological polar surface area (TPSA) is 29.3 Å². The normalized spacial score (nSPS) is 21.5. The summed E-state index contributed by atoms with van der Waals surface area (Å²) in [5.74, 6) is -2.20. The first kappa shape index (κ1) is 16.3. The lowest BCUT2D eigenvalue weighted by atomic mass is 9.99. The van der Waals surface area contributed by atoms with Crippen molar-refractivity contribution >= 4 is 0 Å². The Bertz CT molecular complexity index is 479. The molecule has 1 saturated heterocycles. The van der Waals surface area contributed by atoms with E-state index in [1.807, 2.05) is 0 Å². The molecule has 0 saturated carbocycles. The number of piperidine rings is 1. The lowest BCUT2D eigenvalue weighted by molar-refractivity contribution is 0.178. The van der Waals surface area contributed by atoms with Crippen molar-refractivity contribution in [3.63, 3.8) is 0 Å². The monoisotopic (exact) mass is 300 g/mol. The second-order valence-electron chi connectivity index (χ2n) is 6.16. The molecule has 0 aliphatic carbocycles. The van der Waals surface area contributed by atoms with Gasteiger partial charge in [0.05, 0.1) is 0 Å². The van der Waals surface area contributed by atoms with Crippen molar-refractivity contribution in [3.8, 4) is 0 Å². The summed E-state index contributed by atoms with van der Waals surface area (Å²) >= 11 is 0. The maximum absolute atomic E-state index is 13.6. The summed E-state index contributed by atoms with van der Waals surface area (Å²) < 4.78 is 39.6. The van der Waals surface area contributed by atoms with Crippen molar-refractivity contribution < 1.29 is 13.2 Å². The molecule has 0 radical (unpaired) electrons. The summed E-state index contributed by atoms with van der Waals surface area (Å²) in [6, 6.07) is 1.25. The molecule has 1 aliphatic heterocycles. The molecule has 1 aliphatic rings. The number of hydrogen-bond acceptors (Lipinski definition) is 2. The third-order valence-corrected chi connectivity index (χ3v) is 4.13. The van der Waals surface area contributed by atoms with Gasteiger partial charge in [0, 0.05) is 18.7 Å². The predicted octanol–water partition coefficient (Wildman–Crippen LogP) is 3.10. The number of rotatable bonds is 5. The molecule has 0 aromatic heterocycles. The van der Waals surface area contributed by atoms with Crippen LogP contribution in [0.25, 0.3) is 0 Å². The third kappa shape index (κ3) is 4.71. The second-order valence-corrected chi connectivity index (χ2v) is 6.16. The summed E-state index contributed by atoms with van der Waals surface area (Å²) in [6.45, 7) is 5.27. The van der Waals surface area contributed by atoms with Crippen LogP contribution < -0.4 is 5.73 Å². The molecule has 1 fully saturated rings. The first-order valence-electron chi connectivity index (χ1n) is 7.57. The van der Waals surface area contributed by atoms with Crippen LogP contribution in [0, 0.1) is 23.4 Å². The van der Waals surface area contributed by atoms with Gasteiger partial charge in [-0.15, -0.1) is 0 Å². The molecule has 0 bridgehead atoms. The first-order valence-corrected chi connectivity index (χ1v) is 7.57. The fourth-order valence-corrected chi connectivity index (χ4v) is 2.94. The highest BCUT2D eigenvalue weighted by atomic mass is 19.2. The molecule has 21 heavy (non-hydrogen) atoms. The molecule has 2 atom stereocenters. The van der Waals surface area contributed by atoms with E-state index in [4.69, 9.17) is 5.73 Å². The van der Waals surface area contributed by atoms with E-state index in [2.05, 4.69) is 11.8 Å². The van der Waals surface area contributed by atoms with Gasteiger partial charge in [0.15, 0.2) is 11.6 Å². The van der Waals surface area contributed by atoms with Crippen LogP contribution in [-0.2, 0) is 6.42 Å². The maximum Gasteiger partial charge on any atom is 0.161 e. The molecule has 2 unspecified atom stereocenters. The summed E-state index contributed by atoms with van der Waals surface area (Å²) in [4.78, 5) is 2.37. The van der Waals surface area contributed by atoms with Gasteiger partial charge in [0.2, 0.25) is 0 Å². The Balaban J connectivity index is 1.84. The van der Waals surface area contributed by atoms with Gasteiger partial charge in [0.1, 0.15) is 5.82 Å². The van der Waals surface area contributed by atoms with Gasteiger partial charge in [-0.1, -0.05) is 6.92 Å². The van der Waals surface area contributed by atoms with Gasteiger partial charge in [-0.3, -0.25) is 0 Å². The van der Waals surface area contributed by atoms with Crippen LogP contribution in [0.3, 0.4) is 0 Å². The highest BCUT2D eigenvalue weighted by molar-refractivity contribution is 5.21. The molecule has 5 heteroatoms. The standard InChI is InChI=1S/C16H23F3N2/c1-11-3-2-5-21(10-11)6-4-13(20)7-12-8-15(18)16(19)9-14(12)17/h8-9,11,13H,2-7,10,20H2,1H3. The minimum atomic E-state index is -1.16. The van der Waals surface area contributed by atoms with E-state index in [-0.39, 0.29) is 18.0 Å². The number of halogens is 3. The van der Waals surface area contributed by atoms with Crippen molar-refractivity contribution in [1.29, 1.82) is 0 Å². The minimum Gasteiger partial charge on any atom is -0.327 e. The fourth-order valence-electron chi connectivity index (χ4n) is 2.94. The average molecular weight is 300 g/mol. The van der Waals surface area contributed by atoms with Crippen molar-refractivity contribution in [3.05, 3.63) is 35.1 Å². The number of nitrogens with two attached hydrogens (primary N) is 1. The van der Waals surface area contributed by atoms with Gasteiger partial charge in [-0.2, -0.15) is 0 Å². The molecule has 118 valence electrons. The van der Waals surface area contributed by atoms with Crippen LogP contribution in [0.1, 0.15) is 31.7 Å². The summed E-state index contributed by atoms with van der Waals surface area (Å²) in [7, 11) is 0. The highest BCUT2D eigenvalue weighted by Gasteiger charge is 2.18.